The molecule has 0 bridgehead atoms. The maximum atomic E-state index is 11.5. The summed E-state index contributed by atoms with van der Waals surface area (Å²) in [7, 11) is 0. The molecule has 0 aliphatic heterocycles. The van der Waals surface area contributed by atoms with Gasteiger partial charge in [0.1, 0.15) is 12.3 Å². The van der Waals surface area contributed by atoms with Crippen molar-refractivity contribution in [1.29, 1.82) is 0 Å². The Hall–Kier alpha value is -1.32. The van der Waals surface area contributed by atoms with E-state index < -0.39 is 0 Å². The zero-order chi connectivity index (χ0) is 18.2. The van der Waals surface area contributed by atoms with Gasteiger partial charge in [0.25, 0.3) is 0 Å². The topological polar surface area (TPSA) is 91.6 Å². The first kappa shape index (κ1) is 23.7. The van der Waals surface area contributed by atoms with E-state index in [9.17, 15) is 4.79 Å². The summed E-state index contributed by atoms with van der Waals surface area (Å²) in [5.41, 5.74) is -0.0632. The van der Waals surface area contributed by atoms with Crippen LogP contribution in [0.1, 0.15) is 53.2 Å². The lowest BCUT2D eigenvalue weighted by atomic mass is 9.94. The summed E-state index contributed by atoms with van der Waals surface area (Å²) >= 11 is 0. The van der Waals surface area contributed by atoms with Gasteiger partial charge in [-0.3, -0.25) is 4.79 Å². The molecule has 1 rings (SSSR count). The molecule has 7 nitrogen and oxygen atoms in total. The molecule has 1 aromatic rings. The number of halogens is 1. The fraction of sp³-hybridized carbons (Fsp3) is 0.706. The molecule has 0 aromatic carbocycles. The van der Waals surface area contributed by atoms with Gasteiger partial charge >= 0.3 is 0 Å². The van der Waals surface area contributed by atoms with Crippen LogP contribution < -0.4 is 16.0 Å². The highest BCUT2D eigenvalue weighted by Crippen LogP contribution is 2.22. The van der Waals surface area contributed by atoms with Crippen LogP contribution in [0.25, 0.3) is 0 Å². The summed E-state index contributed by atoms with van der Waals surface area (Å²) in [6.07, 6.45) is 1.76. The number of hydrogen-bond acceptors (Lipinski definition) is 4. The molecule has 1 heterocycles. The number of aliphatic imine (C=N–C) groups is 1. The fourth-order valence-electron chi connectivity index (χ4n) is 1.79. The van der Waals surface area contributed by atoms with Crippen LogP contribution in [0.15, 0.2) is 15.6 Å². The van der Waals surface area contributed by atoms with Crippen molar-refractivity contribution in [2.24, 2.45) is 10.9 Å². The number of guanidine groups is 1. The number of aromatic nitrogens is 1. The molecule has 1 amide bonds. The van der Waals surface area contributed by atoms with Gasteiger partial charge in [-0.15, -0.1) is 24.0 Å². The lowest BCUT2D eigenvalue weighted by Gasteiger charge is -2.13. The van der Waals surface area contributed by atoms with Crippen LogP contribution in [0.3, 0.4) is 0 Å². The van der Waals surface area contributed by atoms with Crippen molar-refractivity contribution in [3.63, 3.8) is 0 Å². The van der Waals surface area contributed by atoms with Crippen molar-refractivity contribution < 1.29 is 9.21 Å². The van der Waals surface area contributed by atoms with Gasteiger partial charge in [0.2, 0.25) is 11.8 Å². The number of nitrogens with zero attached hydrogens (tertiary/aromatic N) is 2. The molecule has 0 aliphatic rings. The maximum absolute atomic E-state index is 11.5. The van der Waals surface area contributed by atoms with Gasteiger partial charge in [-0.05, 0) is 6.92 Å². The first-order chi connectivity index (χ1) is 11.2. The number of rotatable bonds is 7. The van der Waals surface area contributed by atoms with Crippen molar-refractivity contribution in [3.05, 3.63) is 17.8 Å². The number of amides is 1. The molecule has 8 heteroatoms. The van der Waals surface area contributed by atoms with Crippen molar-refractivity contribution in [2.75, 3.05) is 19.6 Å². The van der Waals surface area contributed by atoms with Crippen LogP contribution in [0.2, 0.25) is 0 Å². The molecule has 0 unspecified atom stereocenters. The van der Waals surface area contributed by atoms with E-state index in [1.807, 2.05) is 20.8 Å². The van der Waals surface area contributed by atoms with Crippen LogP contribution in [0.4, 0.5) is 0 Å². The number of hydrogen-bond donors (Lipinski definition) is 3. The monoisotopic (exact) mass is 465 g/mol. The van der Waals surface area contributed by atoms with E-state index in [2.05, 4.69) is 46.7 Å². The Morgan fingerprint density at radius 3 is 2.40 bits per heavy atom. The predicted molar refractivity (Wildman–Crippen MR) is 111 cm³/mol. The van der Waals surface area contributed by atoms with E-state index in [4.69, 9.17) is 4.42 Å². The quantitative estimate of drug-likeness (QED) is 0.249. The average Bonchev–Trinajstić information content (AvgIpc) is 2.97. The van der Waals surface area contributed by atoms with Crippen LogP contribution in [-0.4, -0.2) is 36.5 Å². The Morgan fingerprint density at radius 1 is 1.24 bits per heavy atom. The van der Waals surface area contributed by atoms with Crippen molar-refractivity contribution in [2.45, 2.75) is 53.5 Å². The van der Waals surface area contributed by atoms with Crippen LogP contribution in [0.5, 0.6) is 0 Å². The van der Waals surface area contributed by atoms with Gasteiger partial charge in [0, 0.05) is 31.0 Å². The summed E-state index contributed by atoms with van der Waals surface area (Å²) in [5, 5.41) is 9.19. The molecule has 0 saturated carbocycles. The van der Waals surface area contributed by atoms with E-state index >= 15 is 0 Å². The normalized spacial score (nSPS) is 11.9. The average molecular weight is 465 g/mol. The second-order valence-corrected chi connectivity index (χ2v) is 6.94. The lowest BCUT2D eigenvalue weighted by molar-refractivity contribution is -0.123. The first-order valence-corrected chi connectivity index (χ1v) is 8.49. The molecule has 0 aliphatic carbocycles. The molecule has 1 aromatic heterocycles. The molecular weight excluding hydrogens is 433 g/mol. The number of nitrogens with one attached hydrogen (secondary N) is 3. The Kier molecular flexibility index (Phi) is 10.7. The highest BCUT2D eigenvalue weighted by atomic mass is 127. The Labute approximate surface area is 167 Å². The molecule has 3 N–H and O–H groups in total. The molecule has 0 radical (unpaired) electrons. The van der Waals surface area contributed by atoms with Crippen LogP contribution >= 0.6 is 24.0 Å². The SMILES string of the molecule is CCNC(=NCc1ncc(C(C)(C)C)o1)NCCNC(=O)C(C)C.I. The summed E-state index contributed by atoms with van der Waals surface area (Å²) < 4.78 is 5.73. The van der Waals surface area contributed by atoms with Gasteiger partial charge in [-0.2, -0.15) is 0 Å². The standard InChI is InChI=1S/C17H31N5O2.HI/c1-7-18-16(20-9-8-19-15(23)12(2)3)22-11-14-21-10-13(24-14)17(4,5)6;/h10,12H,7-9,11H2,1-6H3,(H,19,23)(H2,18,20,22);1H. The lowest BCUT2D eigenvalue weighted by Crippen LogP contribution is -2.42. The van der Waals surface area contributed by atoms with Gasteiger partial charge in [0.15, 0.2) is 5.96 Å². The van der Waals surface area contributed by atoms with E-state index in [0.29, 0.717) is 31.5 Å². The largest absolute Gasteiger partial charge is 0.443 e. The first-order valence-electron chi connectivity index (χ1n) is 8.49. The summed E-state index contributed by atoms with van der Waals surface area (Å²) in [5.74, 6) is 2.15. The van der Waals surface area contributed by atoms with Gasteiger partial charge in [0.05, 0.1) is 6.20 Å². The van der Waals surface area contributed by atoms with E-state index in [1.54, 1.807) is 6.20 Å². The van der Waals surface area contributed by atoms with E-state index in [-0.39, 0.29) is 41.2 Å². The van der Waals surface area contributed by atoms with Crippen LogP contribution in [0, 0.1) is 5.92 Å². The fourth-order valence-corrected chi connectivity index (χ4v) is 1.79. The van der Waals surface area contributed by atoms with Gasteiger partial charge in [-0.25, -0.2) is 9.98 Å². The van der Waals surface area contributed by atoms with E-state index in [1.165, 1.54) is 0 Å². The highest BCUT2D eigenvalue weighted by molar-refractivity contribution is 14.0. The minimum absolute atomic E-state index is 0. The molecular formula is C17H32IN5O2. The van der Waals surface area contributed by atoms with Gasteiger partial charge in [-0.1, -0.05) is 34.6 Å². The number of oxazole rings is 1. The maximum Gasteiger partial charge on any atom is 0.222 e. The molecule has 0 saturated heterocycles. The van der Waals surface area contributed by atoms with Crippen molar-refractivity contribution in [3.8, 4) is 0 Å². The highest BCUT2D eigenvalue weighted by Gasteiger charge is 2.19. The van der Waals surface area contributed by atoms with Crippen molar-refractivity contribution >= 4 is 35.8 Å². The third kappa shape index (κ3) is 9.08. The smallest absolute Gasteiger partial charge is 0.222 e. The minimum Gasteiger partial charge on any atom is -0.443 e. The molecule has 0 atom stereocenters. The molecule has 144 valence electrons. The minimum atomic E-state index is -0.0632. The molecule has 0 spiro atoms. The molecule has 0 fully saturated rings. The van der Waals surface area contributed by atoms with Gasteiger partial charge < -0.3 is 20.4 Å². The molecule has 25 heavy (non-hydrogen) atoms. The van der Waals surface area contributed by atoms with E-state index in [0.717, 1.165) is 12.3 Å². The third-order valence-electron chi connectivity index (χ3n) is 3.25. The van der Waals surface area contributed by atoms with Crippen molar-refractivity contribution in [1.82, 2.24) is 20.9 Å². The summed E-state index contributed by atoms with van der Waals surface area (Å²) in [6.45, 7) is 14.3. The number of carbonyl (C=O) groups excluding carboxylic acids is 1. The summed E-state index contributed by atoms with van der Waals surface area (Å²) in [4.78, 5) is 20.2. The zero-order valence-corrected chi connectivity index (χ0v) is 18.4. The second kappa shape index (κ2) is 11.3. The third-order valence-corrected chi connectivity index (χ3v) is 3.25. The Balaban J connectivity index is 0.00000576. The second-order valence-electron chi connectivity index (χ2n) is 6.94. The zero-order valence-electron chi connectivity index (χ0n) is 16.1. The van der Waals surface area contributed by atoms with Crippen LogP contribution in [-0.2, 0) is 16.8 Å². The predicted octanol–water partition coefficient (Wildman–Crippen LogP) is 2.42. The Morgan fingerprint density at radius 2 is 1.88 bits per heavy atom. The Bertz CT molecular complexity index is 549. The number of carbonyl (C=O) groups is 1. The summed E-state index contributed by atoms with van der Waals surface area (Å²) in [6, 6.07) is 0.